The molecule has 8 nitrogen and oxygen atoms in total. The number of amides is 2. The smallest absolute Gasteiger partial charge is 0.264 e. The second-order valence-corrected chi connectivity index (χ2v) is 11.2. The van der Waals surface area contributed by atoms with E-state index < -0.39 is 21.8 Å². The van der Waals surface area contributed by atoms with E-state index in [2.05, 4.69) is 10.1 Å². The highest BCUT2D eigenvalue weighted by Crippen LogP contribution is 2.40. The highest BCUT2D eigenvalue weighted by Gasteiger charge is 2.42. The molecule has 1 fully saturated rings. The van der Waals surface area contributed by atoms with Crippen molar-refractivity contribution in [3.05, 3.63) is 101 Å². The monoisotopic (exact) mass is 530 g/mol. The summed E-state index contributed by atoms with van der Waals surface area (Å²) in [4.78, 5) is 24.9. The van der Waals surface area contributed by atoms with Crippen LogP contribution in [-0.4, -0.2) is 37.8 Å². The van der Waals surface area contributed by atoms with Gasteiger partial charge in [0.1, 0.15) is 0 Å². The number of carbonyl (C=O) groups is 2. The topological polar surface area (TPSA) is 122 Å². The molecule has 0 aromatic heterocycles. The van der Waals surface area contributed by atoms with Gasteiger partial charge in [-0.2, -0.15) is 0 Å². The third-order valence-corrected chi connectivity index (χ3v) is 8.38. The van der Waals surface area contributed by atoms with Gasteiger partial charge in [-0.3, -0.25) is 9.59 Å². The minimum Gasteiger partial charge on any atom is -0.366 e. The Bertz CT molecular complexity index is 1500. The molecule has 1 atom stereocenters. The number of primary amides is 1. The summed E-state index contributed by atoms with van der Waals surface area (Å²) in [6.07, 6.45) is 2.69. The first kappa shape index (κ1) is 25.7. The lowest BCUT2D eigenvalue weighted by atomic mass is 9.97. The Morgan fingerprint density at radius 3 is 2.26 bits per heavy atom. The van der Waals surface area contributed by atoms with Gasteiger partial charge in [-0.25, -0.2) is 18.6 Å². The van der Waals surface area contributed by atoms with Crippen molar-refractivity contribution in [3.8, 4) is 11.1 Å². The van der Waals surface area contributed by atoms with Crippen molar-refractivity contribution in [2.45, 2.75) is 37.1 Å². The number of benzene rings is 3. The van der Waals surface area contributed by atoms with E-state index in [0.29, 0.717) is 35.6 Å². The van der Waals surface area contributed by atoms with Crippen LogP contribution in [0.4, 0.5) is 0 Å². The maximum atomic E-state index is 13.2. The molecule has 38 heavy (non-hydrogen) atoms. The van der Waals surface area contributed by atoms with Crippen molar-refractivity contribution in [3.63, 3.8) is 0 Å². The van der Waals surface area contributed by atoms with Crippen LogP contribution in [0.1, 0.15) is 35.7 Å². The summed E-state index contributed by atoms with van der Waals surface area (Å²) >= 11 is 0. The van der Waals surface area contributed by atoms with Gasteiger partial charge in [0.2, 0.25) is 5.91 Å². The van der Waals surface area contributed by atoms with E-state index in [1.54, 1.807) is 48.5 Å². The van der Waals surface area contributed by atoms with Gasteiger partial charge in [-0.05, 0) is 55.0 Å². The first-order valence-electron chi connectivity index (χ1n) is 12.7. The Morgan fingerprint density at radius 2 is 1.63 bits per heavy atom. The molecule has 2 amide bonds. The van der Waals surface area contributed by atoms with Gasteiger partial charge >= 0.3 is 0 Å². The molecule has 0 radical (unpaired) electrons. The summed E-state index contributed by atoms with van der Waals surface area (Å²) < 4.78 is 28.5. The molecule has 1 unspecified atom stereocenters. The van der Waals surface area contributed by atoms with Crippen LogP contribution in [0.5, 0.6) is 0 Å². The van der Waals surface area contributed by atoms with Gasteiger partial charge in [0.05, 0.1) is 16.5 Å². The van der Waals surface area contributed by atoms with Gasteiger partial charge < -0.3 is 10.7 Å². The van der Waals surface area contributed by atoms with Crippen LogP contribution in [0.15, 0.2) is 95.0 Å². The van der Waals surface area contributed by atoms with Crippen LogP contribution in [0, 0.1) is 5.92 Å². The lowest BCUT2D eigenvalue weighted by molar-refractivity contribution is -0.114. The van der Waals surface area contributed by atoms with Crippen molar-refractivity contribution < 1.29 is 18.0 Å². The maximum absolute atomic E-state index is 13.2. The lowest BCUT2D eigenvalue weighted by Gasteiger charge is -2.22. The fourth-order valence-electron chi connectivity index (χ4n) is 4.93. The average molecular weight is 531 g/mol. The number of allylic oxidation sites excluding steroid dienone is 1. The van der Waals surface area contributed by atoms with Gasteiger partial charge in [-0.15, -0.1) is 0 Å². The normalized spacial score (nSPS) is 17.5. The van der Waals surface area contributed by atoms with E-state index >= 15 is 0 Å². The molecule has 196 valence electrons. The zero-order chi connectivity index (χ0) is 26.9. The predicted octanol–water partition coefficient (Wildman–Crippen LogP) is 3.37. The van der Waals surface area contributed by atoms with Crippen LogP contribution in [0.25, 0.3) is 11.1 Å². The number of nitrogens with one attached hydrogen (secondary N) is 2. The number of nitrogens with two attached hydrogens (primary N) is 1. The van der Waals surface area contributed by atoms with Crippen molar-refractivity contribution >= 4 is 21.8 Å². The summed E-state index contributed by atoms with van der Waals surface area (Å²) in [6, 6.07) is 22.3. The molecule has 0 saturated heterocycles. The summed E-state index contributed by atoms with van der Waals surface area (Å²) in [7, 11) is -4.12. The van der Waals surface area contributed by atoms with Gasteiger partial charge in [0, 0.05) is 29.8 Å². The number of hydrazine groups is 1. The molecule has 3 aromatic rings. The van der Waals surface area contributed by atoms with E-state index in [0.717, 1.165) is 24.1 Å². The van der Waals surface area contributed by atoms with Gasteiger partial charge in [0.15, 0.2) is 0 Å². The highest BCUT2D eigenvalue weighted by molar-refractivity contribution is 7.90. The van der Waals surface area contributed by atoms with Crippen LogP contribution < -0.4 is 15.9 Å². The number of hydrogen-bond donors (Lipinski definition) is 3. The molecule has 4 N–H and O–H groups in total. The Hall–Kier alpha value is -3.95. The van der Waals surface area contributed by atoms with E-state index in [4.69, 9.17) is 5.73 Å². The summed E-state index contributed by atoms with van der Waals surface area (Å²) in [6.45, 7) is 2.73. The number of hydrogen-bond acceptors (Lipinski definition) is 6. The molecular formula is C29H30N4O4S. The number of sulfonamides is 1. The quantitative estimate of drug-likeness (QED) is 0.390. The van der Waals surface area contributed by atoms with E-state index in [-0.39, 0.29) is 16.5 Å². The Labute approximate surface area is 222 Å². The molecule has 5 rings (SSSR count). The van der Waals surface area contributed by atoms with E-state index in [9.17, 15) is 18.0 Å². The largest absolute Gasteiger partial charge is 0.366 e. The van der Waals surface area contributed by atoms with E-state index in [1.807, 2.05) is 36.2 Å². The lowest BCUT2D eigenvalue weighted by Crippen LogP contribution is -2.39. The molecule has 1 heterocycles. The maximum Gasteiger partial charge on any atom is 0.264 e. The second-order valence-electron chi connectivity index (χ2n) is 9.58. The number of nitrogens with zero attached hydrogens (tertiary/aromatic N) is 1. The molecule has 1 aliphatic carbocycles. The molecule has 1 aliphatic heterocycles. The number of rotatable bonds is 9. The van der Waals surface area contributed by atoms with Gasteiger partial charge in [-0.1, -0.05) is 60.7 Å². The van der Waals surface area contributed by atoms with Crippen LogP contribution in [0.2, 0.25) is 0 Å². The molecule has 2 aliphatic rings. The zero-order valence-corrected chi connectivity index (χ0v) is 21.9. The fraction of sp³-hybridized carbons (Fsp3) is 0.241. The third kappa shape index (κ3) is 5.20. The fourth-order valence-corrected chi connectivity index (χ4v) is 6.14. The SMILES string of the molecule is CCN1NC(C2CC2)C(C(N)=O)=C1Cc1ccc(-c2ccccc2S(=O)(=O)NC(=O)c2ccccc2)cc1. The molecule has 0 bridgehead atoms. The molecule has 1 saturated carbocycles. The number of likely N-dealkylation sites (N-methyl/N-ethyl adjacent to an activating group) is 1. The van der Waals surface area contributed by atoms with Crippen molar-refractivity contribution in [1.29, 1.82) is 0 Å². The van der Waals surface area contributed by atoms with Crippen molar-refractivity contribution in [2.75, 3.05) is 6.54 Å². The Balaban J connectivity index is 1.40. The third-order valence-electron chi connectivity index (χ3n) is 6.99. The minimum absolute atomic E-state index is 0.0141. The Morgan fingerprint density at radius 1 is 0.974 bits per heavy atom. The number of carbonyl (C=O) groups excluding carboxylic acids is 2. The summed E-state index contributed by atoms with van der Waals surface area (Å²) in [5, 5.41) is 2.01. The summed E-state index contributed by atoms with van der Waals surface area (Å²) in [5.41, 5.74) is 13.2. The average Bonchev–Trinajstić information content (AvgIpc) is 3.70. The molecular weight excluding hydrogens is 500 g/mol. The molecule has 9 heteroatoms. The Kier molecular flexibility index (Phi) is 7.05. The molecule has 0 spiro atoms. The summed E-state index contributed by atoms with van der Waals surface area (Å²) in [5.74, 6) is -0.648. The van der Waals surface area contributed by atoms with Crippen molar-refractivity contribution in [2.24, 2.45) is 11.7 Å². The van der Waals surface area contributed by atoms with Gasteiger partial charge in [0.25, 0.3) is 15.9 Å². The van der Waals surface area contributed by atoms with E-state index in [1.165, 1.54) is 6.07 Å². The predicted molar refractivity (Wildman–Crippen MR) is 145 cm³/mol. The second kappa shape index (κ2) is 10.4. The van der Waals surface area contributed by atoms with Crippen LogP contribution >= 0.6 is 0 Å². The standard InChI is InChI=1S/C29H30N4O4S/c1-2-33-24(26(28(30)34)27(31-33)21-16-17-21)18-19-12-14-20(15-13-19)23-10-6-7-11-25(23)38(36,37)32-29(35)22-8-4-3-5-9-22/h3-15,21,27,31H,2,16-18H2,1H3,(H2,30,34)(H,32,35). The van der Waals surface area contributed by atoms with Crippen LogP contribution in [0.3, 0.4) is 0 Å². The van der Waals surface area contributed by atoms with Crippen molar-refractivity contribution in [1.82, 2.24) is 15.2 Å². The van der Waals surface area contributed by atoms with Crippen LogP contribution in [-0.2, 0) is 21.2 Å². The minimum atomic E-state index is -4.12. The highest BCUT2D eigenvalue weighted by atomic mass is 32.2. The molecule has 3 aromatic carbocycles. The zero-order valence-electron chi connectivity index (χ0n) is 21.1. The first-order valence-corrected chi connectivity index (χ1v) is 14.1. The first-order chi connectivity index (χ1) is 18.3.